The molecule has 0 saturated carbocycles. The highest BCUT2D eigenvalue weighted by Crippen LogP contribution is 2.29. The van der Waals surface area contributed by atoms with E-state index in [0.29, 0.717) is 0 Å². The maximum Gasteiger partial charge on any atom is 0.157 e. The number of allylic oxidation sites excluding steroid dienone is 1. The van der Waals surface area contributed by atoms with E-state index >= 15 is 0 Å². The number of thioether (sulfide) groups is 2. The van der Waals surface area contributed by atoms with Gasteiger partial charge in [-0.3, -0.25) is 4.79 Å². The van der Waals surface area contributed by atoms with E-state index in [1.807, 2.05) is 19.4 Å². The van der Waals surface area contributed by atoms with Crippen LogP contribution in [0.25, 0.3) is 0 Å². The van der Waals surface area contributed by atoms with Gasteiger partial charge in [-0.25, -0.2) is 0 Å². The Morgan fingerprint density at radius 3 is 1.82 bits per heavy atom. The Balaban J connectivity index is 4.62. The Bertz CT molecular complexity index is 167. The highest BCUT2D eigenvalue weighted by Gasteiger charge is 2.07. The average Bonchev–Trinajstić information content (AvgIpc) is 1.99. The van der Waals surface area contributed by atoms with Crippen LogP contribution in [-0.2, 0) is 4.79 Å². The monoisotopic (exact) mass is 190 g/mol. The Morgan fingerprint density at radius 1 is 1.27 bits per heavy atom. The minimum atomic E-state index is 0.200. The van der Waals surface area contributed by atoms with E-state index in [9.17, 15) is 4.79 Å². The SMILES string of the molecule is CCC(C(C)=O)=C(SC)SC. The second kappa shape index (κ2) is 5.72. The molecule has 0 saturated heterocycles. The standard InChI is InChI=1S/C8H14OS2/c1-5-7(6(2)9)8(10-3)11-4/h5H2,1-4H3. The minimum absolute atomic E-state index is 0.200. The fourth-order valence-corrected chi connectivity index (χ4v) is 2.60. The molecule has 0 aliphatic rings. The maximum atomic E-state index is 11.0. The molecule has 11 heavy (non-hydrogen) atoms. The molecule has 0 radical (unpaired) electrons. The molecular formula is C8H14OS2. The summed E-state index contributed by atoms with van der Waals surface area (Å²) in [6, 6.07) is 0. The number of rotatable bonds is 4. The number of hydrogen-bond acceptors (Lipinski definition) is 3. The Labute approximate surface area is 77.0 Å². The molecule has 0 spiro atoms. The molecule has 0 aromatic carbocycles. The lowest BCUT2D eigenvalue weighted by Crippen LogP contribution is -1.96. The summed E-state index contributed by atoms with van der Waals surface area (Å²) < 4.78 is 1.15. The summed E-state index contributed by atoms with van der Waals surface area (Å²) in [5.74, 6) is 0.200. The second-order valence-corrected chi connectivity index (χ2v) is 3.98. The van der Waals surface area contributed by atoms with Crippen LogP contribution in [0.4, 0.5) is 0 Å². The molecule has 1 nitrogen and oxygen atoms in total. The minimum Gasteiger partial charge on any atom is -0.295 e. The molecule has 0 aromatic rings. The van der Waals surface area contributed by atoms with Crippen LogP contribution < -0.4 is 0 Å². The van der Waals surface area contributed by atoms with Crippen molar-refractivity contribution >= 4 is 29.3 Å². The first-order chi connectivity index (χ1) is 5.17. The van der Waals surface area contributed by atoms with Crippen molar-refractivity contribution in [2.75, 3.05) is 12.5 Å². The van der Waals surface area contributed by atoms with E-state index in [4.69, 9.17) is 0 Å². The third-order valence-electron chi connectivity index (χ3n) is 1.40. The molecule has 0 fully saturated rings. The van der Waals surface area contributed by atoms with Gasteiger partial charge in [0.05, 0.1) is 0 Å². The largest absolute Gasteiger partial charge is 0.295 e. The summed E-state index contributed by atoms with van der Waals surface area (Å²) in [5, 5.41) is 0. The van der Waals surface area contributed by atoms with Gasteiger partial charge >= 0.3 is 0 Å². The van der Waals surface area contributed by atoms with Crippen molar-refractivity contribution in [1.29, 1.82) is 0 Å². The van der Waals surface area contributed by atoms with Gasteiger partial charge in [0.15, 0.2) is 5.78 Å². The number of carbonyl (C=O) groups excluding carboxylic acids is 1. The molecule has 0 atom stereocenters. The van der Waals surface area contributed by atoms with Crippen LogP contribution in [0, 0.1) is 0 Å². The zero-order valence-electron chi connectivity index (χ0n) is 7.43. The van der Waals surface area contributed by atoms with Gasteiger partial charge in [-0.05, 0) is 25.9 Å². The molecular weight excluding hydrogens is 176 g/mol. The van der Waals surface area contributed by atoms with Gasteiger partial charge in [0.1, 0.15) is 0 Å². The molecule has 3 heteroatoms. The Morgan fingerprint density at radius 2 is 1.73 bits per heavy atom. The van der Waals surface area contributed by atoms with Crippen molar-refractivity contribution in [1.82, 2.24) is 0 Å². The molecule has 0 aliphatic carbocycles. The highest BCUT2D eigenvalue weighted by molar-refractivity contribution is 8.21. The van der Waals surface area contributed by atoms with Gasteiger partial charge in [0.2, 0.25) is 0 Å². The topological polar surface area (TPSA) is 17.1 Å². The number of hydrogen-bond donors (Lipinski definition) is 0. The van der Waals surface area contributed by atoms with Crippen molar-refractivity contribution in [3.63, 3.8) is 0 Å². The predicted octanol–water partition coefficient (Wildman–Crippen LogP) is 2.92. The van der Waals surface area contributed by atoms with Gasteiger partial charge in [-0.15, -0.1) is 23.5 Å². The zero-order valence-corrected chi connectivity index (χ0v) is 9.06. The molecule has 0 aromatic heterocycles. The van der Waals surface area contributed by atoms with Crippen LogP contribution in [0.2, 0.25) is 0 Å². The molecule has 0 bridgehead atoms. The van der Waals surface area contributed by atoms with Gasteiger partial charge in [-0.2, -0.15) is 0 Å². The second-order valence-electron chi connectivity index (χ2n) is 2.08. The lowest BCUT2D eigenvalue weighted by atomic mass is 10.2. The van der Waals surface area contributed by atoms with E-state index in [1.165, 1.54) is 0 Å². The van der Waals surface area contributed by atoms with Crippen molar-refractivity contribution in [2.45, 2.75) is 20.3 Å². The summed E-state index contributed by atoms with van der Waals surface area (Å²) in [4.78, 5) is 11.0. The third kappa shape index (κ3) is 3.34. The summed E-state index contributed by atoms with van der Waals surface area (Å²) in [6.45, 7) is 3.65. The van der Waals surface area contributed by atoms with Crippen LogP contribution in [0.1, 0.15) is 20.3 Å². The first-order valence-electron chi connectivity index (χ1n) is 3.49. The van der Waals surface area contributed by atoms with Gasteiger partial charge in [0, 0.05) is 9.81 Å². The summed E-state index contributed by atoms with van der Waals surface area (Å²) in [7, 11) is 0. The van der Waals surface area contributed by atoms with E-state index in [1.54, 1.807) is 30.4 Å². The van der Waals surface area contributed by atoms with Crippen LogP contribution in [0.3, 0.4) is 0 Å². The number of ketones is 1. The Hall–Kier alpha value is 0.110. The molecule has 0 unspecified atom stereocenters. The fraction of sp³-hybridized carbons (Fsp3) is 0.625. The number of carbonyl (C=O) groups is 1. The van der Waals surface area contributed by atoms with Gasteiger partial charge in [-0.1, -0.05) is 6.92 Å². The molecule has 64 valence electrons. The van der Waals surface area contributed by atoms with E-state index < -0.39 is 0 Å². The van der Waals surface area contributed by atoms with Crippen molar-refractivity contribution in [2.24, 2.45) is 0 Å². The van der Waals surface area contributed by atoms with Crippen molar-refractivity contribution in [3.8, 4) is 0 Å². The van der Waals surface area contributed by atoms with E-state index in [-0.39, 0.29) is 5.78 Å². The lowest BCUT2D eigenvalue weighted by Gasteiger charge is -2.05. The highest BCUT2D eigenvalue weighted by atomic mass is 32.2. The van der Waals surface area contributed by atoms with Gasteiger partial charge in [0.25, 0.3) is 0 Å². The fourth-order valence-electron chi connectivity index (χ4n) is 0.867. The first kappa shape index (κ1) is 11.1. The Kier molecular flexibility index (Phi) is 5.78. The normalized spacial score (nSPS) is 9.45. The molecule has 0 N–H and O–H groups in total. The first-order valence-corrected chi connectivity index (χ1v) is 5.94. The molecule has 0 rings (SSSR count). The molecule has 0 heterocycles. The smallest absolute Gasteiger partial charge is 0.157 e. The van der Waals surface area contributed by atoms with Crippen LogP contribution >= 0.6 is 23.5 Å². The van der Waals surface area contributed by atoms with E-state index in [2.05, 4.69) is 0 Å². The summed E-state index contributed by atoms with van der Waals surface area (Å²) >= 11 is 3.31. The van der Waals surface area contributed by atoms with Crippen LogP contribution in [-0.4, -0.2) is 18.3 Å². The summed E-state index contributed by atoms with van der Waals surface area (Å²) in [6.07, 6.45) is 4.85. The predicted molar refractivity (Wildman–Crippen MR) is 55.0 cm³/mol. The van der Waals surface area contributed by atoms with Crippen LogP contribution in [0.15, 0.2) is 9.81 Å². The van der Waals surface area contributed by atoms with Crippen molar-refractivity contribution < 1.29 is 4.79 Å². The summed E-state index contributed by atoms with van der Waals surface area (Å²) in [5.41, 5.74) is 0.963. The molecule has 0 aliphatic heterocycles. The maximum absolute atomic E-state index is 11.0. The van der Waals surface area contributed by atoms with Crippen LogP contribution in [0.5, 0.6) is 0 Å². The van der Waals surface area contributed by atoms with Crippen molar-refractivity contribution in [3.05, 3.63) is 9.81 Å². The lowest BCUT2D eigenvalue weighted by molar-refractivity contribution is -0.113. The zero-order chi connectivity index (χ0) is 8.85. The quantitative estimate of drug-likeness (QED) is 0.634. The number of Topliss-reactive ketones (excluding diaryl/α,β-unsaturated/α-hetero) is 1. The van der Waals surface area contributed by atoms with Gasteiger partial charge < -0.3 is 0 Å². The van der Waals surface area contributed by atoms with E-state index in [0.717, 1.165) is 16.2 Å². The average molecular weight is 190 g/mol. The molecule has 0 amide bonds. The third-order valence-corrected chi connectivity index (χ3v) is 3.63.